The number of aryl methyl sites for hydroxylation is 2. The predicted octanol–water partition coefficient (Wildman–Crippen LogP) is 4.45. The van der Waals surface area contributed by atoms with Crippen LogP contribution in [-0.2, 0) is 17.1 Å². The summed E-state index contributed by atoms with van der Waals surface area (Å²) in [4.78, 5) is 43.0. The van der Waals surface area contributed by atoms with Gasteiger partial charge in [-0.25, -0.2) is 9.78 Å². The Balaban J connectivity index is 1.74. The molecule has 0 aliphatic carbocycles. The normalized spacial score (nSPS) is 11.4. The van der Waals surface area contributed by atoms with Crippen LogP contribution in [0.25, 0.3) is 21.2 Å². The molecular formula is C22H21N3O4S2. The third kappa shape index (κ3) is 4.03. The van der Waals surface area contributed by atoms with Crippen LogP contribution in [0, 0.1) is 13.8 Å². The first-order valence-electron chi connectivity index (χ1n) is 9.76. The van der Waals surface area contributed by atoms with E-state index in [-0.39, 0.29) is 11.5 Å². The van der Waals surface area contributed by atoms with Crippen molar-refractivity contribution in [2.75, 3.05) is 5.32 Å². The van der Waals surface area contributed by atoms with Crippen molar-refractivity contribution in [3.8, 4) is 0 Å². The lowest BCUT2D eigenvalue weighted by Gasteiger charge is -2.11. The summed E-state index contributed by atoms with van der Waals surface area (Å²) in [5.41, 5.74) is 2.22. The summed E-state index contributed by atoms with van der Waals surface area (Å²) in [5.74, 6) is 0.245. The lowest BCUT2D eigenvalue weighted by atomic mass is 10.1. The maximum absolute atomic E-state index is 13.0. The second-order valence-electron chi connectivity index (χ2n) is 7.18. The number of fused-ring (bicyclic) bond motifs is 2. The van der Waals surface area contributed by atoms with E-state index in [0.717, 1.165) is 26.2 Å². The van der Waals surface area contributed by atoms with Crippen molar-refractivity contribution in [2.24, 2.45) is 0 Å². The molecule has 0 saturated carbocycles. The monoisotopic (exact) mass is 455 g/mol. The molecule has 0 aliphatic heterocycles. The van der Waals surface area contributed by atoms with E-state index in [9.17, 15) is 14.4 Å². The molecule has 4 aromatic rings. The first-order chi connectivity index (χ1) is 14.8. The molecule has 1 aromatic carbocycles. The molecule has 0 atom stereocenters. The highest BCUT2D eigenvalue weighted by Crippen LogP contribution is 2.31. The number of amides is 1. The average molecular weight is 456 g/mol. The van der Waals surface area contributed by atoms with Gasteiger partial charge in [-0.2, -0.15) is 0 Å². The minimum absolute atomic E-state index is 0.0331. The molecule has 1 amide bonds. The lowest BCUT2D eigenvalue weighted by Crippen LogP contribution is -2.22. The van der Waals surface area contributed by atoms with Gasteiger partial charge in [-0.05, 0) is 44.0 Å². The fourth-order valence-electron chi connectivity index (χ4n) is 3.47. The van der Waals surface area contributed by atoms with Crippen molar-refractivity contribution in [1.29, 1.82) is 0 Å². The number of hydrogen-bond donors (Lipinski definition) is 1. The zero-order chi connectivity index (χ0) is 22.3. The van der Waals surface area contributed by atoms with E-state index in [1.54, 1.807) is 16.7 Å². The summed E-state index contributed by atoms with van der Waals surface area (Å²) in [6, 6.07) is 6.67. The van der Waals surface area contributed by atoms with E-state index < -0.39 is 5.63 Å². The van der Waals surface area contributed by atoms with Crippen molar-refractivity contribution >= 4 is 55.9 Å². The van der Waals surface area contributed by atoms with Crippen LogP contribution in [0.1, 0.15) is 29.9 Å². The van der Waals surface area contributed by atoms with Crippen LogP contribution in [0.15, 0.2) is 43.4 Å². The molecule has 0 fully saturated rings. The third-order valence-electron chi connectivity index (χ3n) is 5.08. The topological polar surface area (TPSA) is 94.2 Å². The van der Waals surface area contributed by atoms with E-state index in [1.807, 2.05) is 26.8 Å². The van der Waals surface area contributed by atoms with Gasteiger partial charge in [0.2, 0.25) is 5.91 Å². The van der Waals surface area contributed by atoms with Crippen LogP contribution in [0.2, 0.25) is 0 Å². The zero-order valence-electron chi connectivity index (χ0n) is 17.6. The van der Waals surface area contributed by atoms with Crippen LogP contribution in [-0.4, -0.2) is 15.5 Å². The Labute approximate surface area is 186 Å². The Kier molecular flexibility index (Phi) is 5.72. The molecule has 0 saturated heterocycles. The van der Waals surface area contributed by atoms with Gasteiger partial charge >= 0.3 is 5.63 Å². The lowest BCUT2D eigenvalue weighted by molar-refractivity contribution is -0.114. The van der Waals surface area contributed by atoms with Gasteiger partial charge in [-0.1, -0.05) is 11.8 Å². The summed E-state index contributed by atoms with van der Waals surface area (Å²) in [6.45, 7) is 7.80. The number of carbonyl (C=O) groups is 1. The Hall–Kier alpha value is -2.91. The molecule has 160 valence electrons. The molecule has 4 rings (SSSR count). The second-order valence-corrected chi connectivity index (χ2v) is 9.32. The number of aromatic nitrogens is 2. The van der Waals surface area contributed by atoms with Crippen molar-refractivity contribution in [3.63, 3.8) is 0 Å². The summed E-state index contributed by atoms with van der Waals surface area (Å²) in [5, 5.41) is 4.77. The zero-order valence-corrected chi connectivity index (χ0v) is 19.2. The highest BCUT2D eigenvalue weighted by atomic mass is 32.2. The van der Waals surface area contributed by atoms with Gasteiger partial charge in [0.25, 0.3) is 5.56 Å². The van der Waals surface area contributed by atoms with Gasteiger partial charge in [-0.3, -0.25) is 14.2 Å². The Bertz CT molecular complexity index is 1450. The molecule has 0 radical (unpaired) electrons. The Morgan fingerprint density at radius 2 is 2.03 bits per heavy atom. The molecular weight excluding hydrogens is 434 g/mol. The number of thioether (sulfide) groups is 1. The SMILES string of the molecule is CCn1c(SCc2cc(=O)oc3cc(NC(C)=O)ccc23)nc2sc(C)c(C)c2c1=O. The molecule has 7 nitrogen and oxygen atoms in total. The number of carbonyl (C=O) groups excluding carboxylic acids is 1. The van der Waals surface area contributed by atoms with Crippen LogP contribution in [0.3, 0.4) is 0 Å². The molecule has 3 aromatic heterocycles. The molecule has 0 spiro atoms. The highest BCUT2D eigenvalue weighted by molar-refractivity contribution is 7.98. The first kappa shape index (κ1) is 21.3. The quantitative estimate of drug-likeness (QED) is 0.271. The smallest absolute Gasteiger partial charge is 0.336 e. The first-order valence-corrected chi connectivity index (χ1v) is 11.6. The number of hydrogen-bond acceptors (Lipinski definition) is 7. The fourth-order valence-corrected chi connectivity index (χ4v) is 5.60. The number of rotatable bonds is 5. The third-order valence-corrected chi connectivity index (χ3v) is 7.20. The minimum Gasteiger partial charge on any atom is -0.423 e. The summed E-state index contributed by atoms with van der Waals surface area (Å²) < 4.78 is 7.00. The molecule has 1 N–H and O–H groups in total. The van der Waals surface area contributed by atoms with Crippen molar-refractivity contribution in [2.45, 2.75) is 45.1 Å². The summed E-state index contributed by atoms with van der Waals surface area (Å²) in [6.07, 6.45) is 0. The molecule has 31 heavy (non-hydrogen) atoms. The van der Waals surface area contributed by atoms with Gasteiger partial charge in [0, 0.05) is 47.3 Å². The predicted molar refractivity (Wildman–Crippen MR) is 125 cm³/mol. The standard InChI is InChI=1S/C22H21N3O4S2/c1-5-25-21(28)19-11(2)12(3)31-20(19)24-22(25)30-10-14-8-18(27)29-17-9-15(23-13(4)26)6-7-16(14)17/h6-9H,5,10H2,1-4H3,(H,23,26). The van der Waals surface area contributed by atoms with Crippen LogP contribution < -0.4 is 16.5 Å². The van der Waals surface area contributed by atoms with Gasteiger partial charge in [0.05, 0.1) is 5.39 Å². The van der Waals surface area contributed by atoms with E-state index in [2.05, 4.69) is 5.32 Å². The van der Waals surface area contributed by atoms with E-state index >= 15 is 0 Å². The average Bonchev–Trinajstić information content (AvgIpc) is 2.99. The fraction of sp³-hybridized carbons (Fsp3) is 0.273. The molecule has 0 unspecified atom stereocenters. The second kappa shape index (κ2) is 8.32. The van der Waals surface area contributed by atoms with E-state index in [1.165, 1.54) is 36.1 Å². The van der Waals surface area contributed by atoms with Crippen LogP contribution in [0.4, 0.5) is 5.69 Å². The maximum Gasteiger partial charge on any atom is 0.336 e. The maximum atomic E-state index is 13.0. The van der Waals surface area contributed by atoms with Crippen molar-refractivity contribution < 1.29 is 9.21 Å². The summed E-state index contributed by atoms with van der Waals surface area (Å²) >= 11 is 2.94. The van der Waals surface area contributed by atoms with Crippen molar-refractivity contribution in [3.05, 3.63) is 61.0 Å². The van der Waals surface area contributed by atoms with E-state index in [4.69, 9.17) is 9.40 Å². The van der Waals surface area contributed by atoms with Crippen LogP contribution in [0.5, 0.6) is 0 Å². The van der Waals surface area contributed by atoms with Crippen molar-refractivity contribution in [1.82, 2.24) is 9.55 Å². The Morgan fingerprint density at radius 3 is 2.74 bits per heavy atom. The Morgan fingerprint density at radius 1 is 1.26 bits per heavy atom. The molecule has 0 aliphatic rings. The van der Waals surface area contributed by atoms with Gasteiger partial charge in [0.15, 0.2) is 5.16 Å². The summed E-state index contributed by atoms with van der Waals surface area (Å²) in [7, 11) is 0. The minimum atomic E-state index is -0.469. The number of nitrogens with zero attached hydrogens (tertiary/aromatic N) is 2. The number of thiophene rings is 1. The van der Waals surface area contributed by atoms with Gasteiger partial charge < -0.3 is 9.73 Å². The number of nitrogens with one attached hydrogen (secondary N) is 1. The molecule has 9 heteroatoms. The largest absolute Gasteiger partial charge is 0.423 e. The number of benzene rings is 1. The van der Waals surface area contributed by atoms with Gasteiger partial charge in [0.1, 0.15) is 10.4 Å². The van der Waals surface area contributed by atoms with Crippen LogP contribution >= 0.6 is 23.1 Å². The molecule has 0 bridgehead atoms. The number of anilines is 1. The van der Waals surface area contributed by atoms with E-state index in [0.29, 0.717) is 34.1 Å². The highest BCUT2D eigenvalue weighted by Gasteiger charge is 2.17. The van der Waals surface area contributed by atoms with Gasteiger partial charge in [-0.15, -0.1) is 11.3 Å². The molecule has 3 heterocycles.